The summed E-state index contributed by atoms with van der Waals surface area (Å²) in [4.78, 5) is 11.7. The van der Waals surface area contributed by atoms with Crippen LogP contribution in [0.5, 0.6) is 0 Å². The van der Waals surface area contributed by atoms with Crippen molar-refractivity contribution in [2.45, 2.75) is 42.3 Å². The number of hydrogen-bond acceptors (Lipinski definition) is 4. The number of carboxylic acid groups (broad SMARTS) is 1. The van der Waals surface area contributed by atoms with Crippen LogP contribution in [0, 0.1) is 0 Å². The molecule has 2 aliphatic heterocycles. The molecule has 0 amide bonds. The first kappa shape index (κ1) is 23.4. The first-order valence-corrected chi connectivity index (χ1v) is 10.7. The van der Waals surface area contributed by atoms with Crippen molar-refractivity contribution in [1.29, 1.82) is 0 Å². The van der Waals surface area contributed by atoms with Crippen molar-refractivity contribution < 1.29 is 31.5 Å². The van der Waals surface area contributed by atoms with Crippen molar-refractivity contribution >= 4 is 16.0 Å². The summed E-state index contributed by atoms with van der Waals surface area (Å²) >= 11 is 0. The van der Waals surface area contributed by atoms with Crippen LogP contribution in [0.3, 0.4) is 0 Å². The molecule has 2 heterocycles. The summed E-state index contributed by atoms with van der Waals surface area (Å²) in [5.41, 5.74) is 0.00822. The number of carboxylic acids is 1. The molecule has 0 bridgehead atoms. The van der Waals surface area contributed by atoms with E-state index in [2.05, 4.69) is 11.5 Å². The zero-order valence-corrected chi connectivity index (χ0v) is 16.8. The highest BCUT2D eigenvalue weighted by atomic mass is 32.2. The topological polar surface area (TPSA) is 77.9 Å². The van der Waals surface area contributed by atoms with E-state index in [1.807, 2.05) is 12.1 Å². The van der Waals surface area contributed by atoms with Crippen LogP contribution in [-0.2, 0) is 14.8 Å². The predicted molar refractivity (Wildman–Crippen MR) is 102 cm³/mol. The van der Waals surface area contributed by atoms with Gasteiger partial charge >= 0.3 is 12.1 Å². The summed E-state index contributed by atoms with van der Waals surface area (Å²) in [6, 6.07) is 8.79. The molecule has 1 spiro atoms. The van der Waals surface area contributed by atoms with E-state index >= 15 is 0 Å². The summed E-state index contributed by atoms with van der Waals surface area (Å²) in [5.74, 6) is -2.76. The number of alkyl halides is 3. The van der Waals surface area contributed by atoms with Gasteiger partial charge in [0.05, 0.1) is 4.90 Å². The second-order valence-corrected chi connectivity index (χ2v) is 9.06. The molecule has 1 aromatic rings. The Hall–Kier alpha value is -1.91. The largest absolute Gasteiger partial charge is 0.490 e. The van der Waals surface area contributed by atoms with Gasteiger partial charge in [-0.1, -0.05) is 24.3 Å². The molecule has 1 N–H and O–H groups in total. The van der Waals surface area contributed by atoms with Crippen molar-refractivity contribution in [3.8, 4) is 0 Å². The maximum absolute atomic E-state index is 12.9. The minimum Gasteiger partial charge on any atom is -0.475 e. The Morgan fingerprint density at radius 3 is 2.24 bits per heavy atom. The second kappa shape index (κ2) is 9.27. The molecule has 6 nitrogen and oxygen atoms in total. The molecule has 2 fully saturated rings. The first-order valence-electron chi connectivity index (χ1n) is 9.24. The lowest BCUT2D eigenvalue weighted by Gasteiger charge is -2.45. The smallest absolute Gasteiger partial charge is 0.475 e. The quantitative estimate of drug-likeness (QED) is 0.737. The van der Waals surface area contributed by atoms with Crippen molar-refractivity contribution in [1.82, 2.24) is 9.21 Å². The van der Waals surface area contributed by atoms with Gasteiger partial charge in [0.25, 0.3) is 0 Å². The number of nitrogens with zero attached hydrogens (tertiary/aromatic N) is 2. The fraction of sp³-hybridized carbons (Fsp3) is 0.526. The highest BCUT2D eigenvalue weighted by molar-refractivity contribution is 7.89. The van der Waals surface area contributed by atoms with E-state index in [-0.39, 0.29) is 5.54 Å². The average Bonchev–Trinajstić information content (AvgIpc) is 3.04. The van der Waals surface area contributed by atoms with E-state index in [1.165, 1.54) is 0 Å². The molecule has 1 aromatic carbocycles. The van der Waals surface area contributed by atoms with Gasteiger partial charge in [0.2, 0.25) is 10.0 Å². The molecule has 0 radical (unpaired) electrons. The number of likely N-dealkylation sites (tertiary alicyclic amines) is 1. The third-order valence-electron chi connectivity index (χ3n) is 5.23. The molecule has 10 heteroatoms. The van der Waals surface area contributed by atoms with Gasteiger partial charge in [0.1, 0.15) is 0 Å². The zero-order chi connectivity index (χ0) is 21.7. The number of rotatable bonds is 4. The van der Waals surface area contributed by atoms with E-state index in [0.29, 0.717) is 18.0 Å². The lowest BCUT2D eigenvalue weighted by atomic mass is 9.87. The standard InChI is InChI=1S/C17H24N2O2S.C2HF3O2/c1-2-12-18-13-6-10-17(18)11-7-14-19(15-17)22(20,21)16-8-4-3-5-9-16;3-2(4,5)1(6)7/h2-5,8-9H,1,6-7,10-15H2;(H,6,7). The van der Waals surface area contributed by atoms with Crippen molar-refractivity contribution in [2.75, 3.05) is 26.2 Å². The molecular formula is C19H25F3N2O4S. The lowest BCUT2D eigenvalue weighted by molar-refractivity contribution is -0.192. The van der Waals surface area contributed by atoms with E-state index in [4.69, 9.17) is 9.90 Å². The molecule has 162 valence electrons. The normalized spacial score (nSPS) is 23.4. The monoisotopic (exact) mass is 434 g/mol. The Kier molecular flexibility index (Phi) is 7.47. The molecular weight excluding hydrogens is 409 g/mol. The summed E-state index contributed by atoms with van der Waals surface area (Å²) in [5, 5.41) is 7.12. The van der Waals surface area contributed by atoms with Gasteiger partial charge in [-0.3, -0.25) is 4.90 Å². The third-order valence-corrected chi connectivity index (χ3v) is 7.09. The van der Waals surface area contributed by atoms with Crippen LogP contribution in [0.2, 0.25) is 0 Å². The maximum atomic E-state index is 12.9. The summed E-state index contributed by atoms with van der Waals surface area (Å²) in [7, 11) is -3.38. The summed E-state index contributed by atoms with van der Waals surface area (Å²) in [6.45, 7) is 6.97. The van der Waals surface area contributed by atoms with Crippen LogP contribution >= 0.6 is 0 Å². The highest BCUT2D eigenvalue weighted by Crippen LogP contribution is 2.38. The SMILES string of the molecule is C=CCN1CCCC12CCCN(S(=O)(=O)c1ccccc1)C2.O=C(O)C(F)(F)F. The predicted octanol–water partition coefficient (Wildman–Crippen LogP) is 3.13. The van der Waals surface area contributed by atoms with Gasteiger partial charge in [-0.05, 0) is 44.4 Å². The molecule has 1 unspecified atom stereocenters. The summed E-state index contributed by atoms with van der Waals surface area (Å²) in [6.07, 6.45) is 1.09. The highest BCUT2D eigenvalue weighted by Gasteiger charge is 2.46. The number of benzene rings is 1. The second-order valence-electron chi connectivity index (χ2n) is 7.12. The first-order chi connectivity index (χ1) is 13.5. The number of carbonyl (C=O) groups is 1. The molecule has 29 heavy (non-hydrogen) atoms. The van der Waals surface area contributed by atoms with Crippen LogP contribution in [0.4, 0.5) is 13.2 Å². The van der Waals surface area contributed by atoms with Crippen molar-refractivity contribution in [3.63, 3.8) is 0 Å². The number of halogens is 3. The van der Waals surface area contributed by atoms with Crippen LogP contribution in [0.25, 0.3) is 0 Å². The molecule has 0 aromatic heterocycles. The molecule has 2 saturated heterocycles. The Morgan fingerprint density at radius 2 is 1.72 bits per heavy atom. The maximum Gasteiger partial charge on any atom is 0.490 e. The third kappa shape index (κ3) is 5.58. The van der Waals surface area contributed by atoms with E-state index in [1.54, 1.807) is 28.6 Å². The van der Waals surface area contributed by atoms with E-state index < -0.39 is 22.2 Å². The van der Waals surface area contributed by atoms with Gasteiger partial charge in [-0.15, -0.1) is 6.58 Å². The van der Waals surface area contributed by atoms with Gasteiger partial charge in [0, 0.05) is 25.2 Å². The van der Waals surface area contributed by atoms with Crippen molar-refractivity contribution in [2.24, 2.45) is 0 Å². The average molecular weight is 434 g/mol. The van der Waals surface area contributed by atoms with Gasteiger partial charge < -0.3 is 5.11 Å². The van der Waals surface area contributed by atoms with Crippen molar-refractivity contribution in [3.05, 3.63) is 43.0 Å². The lowest BCUT2D eigenvalue weighted by Crippen LogP contribution is -2.56. The van der Waals surface area contributed by atoms with Gasteiger partial charge in [-0.25, -0.2) is 13.2 Å². The molecule has 2 aliphatic rings. The molecule has 3 rings (SSSR count). The summed E-state index contributed by atoms with van der Waals surface area (Å²) < 4.78 is 59.2. The van der Waals surface area contributed by atoms with E-state index in [0.717, 1.165) is 38.8 Å². The zero-order valence-electron chi connectivity index (χ0n) is 15.9. The fourth-order valence-corrected chi connectivity index (χ4v) is 5.49. The minimum atomic E-state index is -5.08. The Morgan fingerprint density at radius 1 is 1.17 bits per heavy atom. The number of aliphatic carboxylic acids is 1. The van der Waals surface area contributed by atoms with Crippen LogP contribution in [-0.4, -0.2) is 66.6 Å². The minimum absolute atomic E-state index is 0.00822. The van der Waals surface area contributed by atoms with Gasteiger partial charge in [0.15, 0.2) is 0 Å². The fourth-order valence-electron chi connectivity index (χ4n) is 3.91. The van der Waals surface area contributed by atoms with Gasteiger partial charge in [-0.2, -0.15) is 17.5 Å². The molecule has 0 saturated carbocycles. The Bertz CT molecular complexity index is 814. The Balaban J connectivity index is 0.000000370. The molecule has 0 aliphatic carbocycles. The number of piperidine rings is 1. The van der Waals surface area contributed by atoms with E-state index in [9.17, 15) is 21.6 Å². The van der Waals surface area contributed by atoms with Crippen LogP contribution < -0.4 is 0 Å². The number of hydrogen-bond donors (Lipinski definition) is 1. The Labute approximate surface area is 168 Å². The number of sulfonamides is 1. The molecule has 1 atom stereocenters. The van der Waals surface area contributed by atoms with Crippen LogP contribution in [0.15, 0.2) is 47.9 Å². The van der Waals surface area contributed by atoms with Crippen LogP contribution in [0.1, 0.15) is 25.7 Å².